The van der Waals surface area contributed by atoms with Crippen molar-refractivity contribution in [3.8, 4) is 11.3 Å². The number of amides is 1. The van der Waals surface area contributed by atoms with Crippen molar-refractivity contribution in [1.29, 1.82) is 0 Å². The van der Waals surface area contributed by atoms with E-state index in [2.05, 4.69) is 20.1 Å². The number of rotatable bonds is 4. The van der Waals surface area contributed by atoms with Gasteiger partial charge in [-0.05, 0) is 39.7 Å². The van der Waals surface area contributed by atoms with Gasteiger partial charge in [-0.15, -0.1) is 0 Å². The maximum atomic E-state index is 12.8. The Morgan fingerprint density at radius 3 is 2.85 bits per heavy atom. The van der Waals surface area contributed by atoms with Gasteiger partial charge in [0.2, 0.25) is 5.91 Å². The van der Waals surface area contributed by atoms with E-state index in [-0.39, 0.29) is 18.5 Å². The summed E-state index contributed by atoms with van der Waals surface area (Å²) in [7, 11) is 0. The van der Waals surface area contributed by atoms with Crippen LogP contribution in [0.15, 0.2) is 29.3 Å². The largest absolute Gasteiger partial charge is 0.361 e. The standard InChI is InChI=1S/C19H22N6O2/c1-12-19(13(2)27-23-12)16-9-15(21-14(3)22-16)17-5-4-7-25(17)18(26)10-24-8-6-20-11-24/h6,8-9,11,17H,4-5,7,10H2,1-3H3. The fourth-order valence-corrected chi connectivity index (χ4v) is 3.74. The van der Waals surface area contributed by atoms with Crippen LogP contribution in [-0.2, 0) is 11.3 Å². The second kappa shape index (κ2) is 6.94. The van der Waals surface area contributed by atoms with E-state index >= 15 is 0 Å². The Balaban J connectivity index is 1.65. The van der Waals surface area contributed by atoms with Crippen molar-refractivity contribution in [2.45, 2.75) is 46.2 Å². The SMILES string of the molecule is Cc1nc(-c2c(C)noc2C)cc(C2CCCN2C(=O)Cn2ccnc2)n1. The van der Waals surface area contributed by atoms with Crippen LogP contribution in [0.5, 0.6) is 0 Å². The summed E-state index contributed by atoms with van der Waals surface area (Å²) in [5.41, 5.74) is 3.36. The summed E-state index contributed by atoms with van der Waals surface area (Å²) in [5, 5.41) is 4.03. The number of likely N-dealkylation sites (tertiary alicyclic amines) is 1. The molecule has 1 atom stereocenters. The smallest absolute Gasteiger partial charge is 0.243 e. The molecule has 1 fully saturated rings. The molecule has 3 aromatic heterocycles. The van der Waals surface area contributed by atoms with Gasteiger partial charge in [0.15, 0.2) is 0 Å². The molecule has 8 nitrogen and oxygen atoms in total. The molecule has 27 heavy (non-hydrogen) atoms. The average Bonchev–Trinajstić information content (AvgIpc) is 3.36. The van der Waals surface area contributed by atoms with Crippen molar-refractivity contribution >= 4 is 5.91 Å². The Morgan fingerprint density at radius 1 is 1.30 bits per heavy atom. The number of aromatic nitrogens is 5. The van der Waals surface area contributed by atoms with E-state index in [0.29, 0.717) is 5.82 Å². The van der Waals surface area contributed by atoms with E-state index in [4.69, 9.17) is 4.52 Å². The van der Waals surface area contributed by atoms with E-state index in [9.17, 15) is 4.79 Å². The maximum absolute atomic E-state index is 12.8. The van der Waals surface area contributed by atoms with E-state index < -0.39 is 0 Å². The molecule has 4 heterocycles. The summed E-state index contributed by atoms with van der Waals surface area (Å²) in [6, 6.07) is 1.93. The summed E-state index contributed by atoms with van der Waals surface area (Å²) in [4.78, 5) is 27.9. The first kappa shape index (κ1) is 17.4. The minimum absolute atomic E-state index is 0.0399. The molecule has 4 rings (SSSR count). The molecule has 0 aliphatic carbocycles. The first-order chi connectivity index (χ1) is 13.0. The Morgan fingerprint density at radius 2 is 2.15 bits per heavy atom. The van der Waals surface area contributed by atoms with Gasteiger partial charge in [-0.2, -0.15) is 0 Å². The number of carbonyl (C=O) groups excluding carboxylic acids is 1. The average molecular weight is 366 g/mol. The van der Waals surface area contributed by atoms with Gasteiger partial charge < -0.3 is 14.0 Å². The molecule has 0 aromatic carbocycles. The second-order valence-electron chi connectivity index (χ2n) is 6.90. The number of carbonyl (C=O) groups is 1. The molecule has 0 saturated carbocycles. The summed E-state index contributed by atoms with van der Waals surface area (Å²) in [6.45, 7) is 6.68. The number of nitrogens with zero attached hydrogens (tertiary/aromatic N) is 6. The van der Waals surface area contributed by atoms with Gasteiger partial charge in [0.05, 0.1) is 35.0 Å². The zero-order valence-electron chi connectivity index (χ0n) is 15.7. The predicted molar refractivity (Wildman–Crippen MR) is 97.7 cm³/mol. The van der Waals surface area contributed by atoms with Crippen LogP contribution in [0.25, 0.3) is 11.3 Å². The lowest BCUT2D eigenvalue weighted by molar-refractivity contribution is -0.132. The van der Waals surface area contributed by atoms with Crippen LogP contribution >= 0.6 is 0 Å². The molecule has 1 unspecified atom stereocenters. The molecule has 0 spiro atoms. The van der Waals surface area contributed by atoms with Crippen molar-refractivity contribution in [3.63, 3.8) is 0 Å². The number of hydrogen-bond donors (Lipinski definition) is 0. The third-order valence-corrected chi connectivity index (χ3v) is 4.94. The third-order valence-electron chi connectivity index (χ3n) is 4.94. The highest BCUT2D eigenvalue weighted by atomic mass is 16.5. The molecule has 0 N–H and O–H groups in total. The molecule has 3 aromatic rings. The van der Waals surface area contributed by atoms with Gasteiger partial charge in [-0.25, -0.2) is 15.0 Å². The van der Waals surface area contributed by atoms with Gasteiger partial charge in [0, 0.05) is 18.9 Å². The van der Waals surface area contributed by atoms with Crippen molar-refractivity contribution in [2.75, 3.05) is 6.54 Å². The highest BCUT2D eigenvalue weighted by molar-refractivity contribution is 5.77. The summed E-state index contributed by atoms with van der Waals surface area (Å²) in [5.74, 6) is 1.48. The van der Waals surface area contributed by atoms with Crippen LogP contribution < -0.4 is 0 Å². The lowest BCUT2D eigenvalue weighted by Gasteiger charge is -2.25. The third kappa shape index (κ3) is 3.34. The van der Waals surface area contributed by atoms with Crippen LogP contribution in [0.1, 0.15) is 41.9 Å². The second-order valence-corrected chi connectivity index (χ2v) is 6.90. The van der Waals surface area contributed by atoms with Crippen molar-refractivity contribution in [1.82, 2.24) is 29.6 Å². The number of hydrogen-bond acceptors (Lipinski definition) is 6. The van der Waals surface area contributed by atoms with Gasteiger partial charge in [0.1, 0.15) is 18.1 Å². The summed E-state index contributed by atoms with van der Waals surface area (Å²) >= 11 is 0. The highest BCUT2D eigenvalue weighted by Crippen LogP contribution is 2.34. The molecule has 1 aliphatic rings. The van der Waals surface area contributed by atoms with Crippen molar-refractivity contribution in [2.24, 2.45) is 0 Å². The first-order valence-corrected chi connectivity index (χ1v) is 9.07. The molecular weight excluding hydrogens is 344 g/mol. The van der Waals surface area contributed by atoms with Crippen LogP contribution in [0, 0.1) is 20.8 Å². The van der Waals surface area contributed by atoms with Crippen LogP contribution in [-0.4, -0.2) is 42.0 Å². The Kier molecular flexibility index (Phi) is 4.47. The van der Waals surface area contributed by atoms with E-state index in [1.54, 1.807) is 23.3 Å². The van der Waals surface area contributed by atoms with E-state index in [0.717, 1.165) is 47.8 Å². The molecule has 0 radical (unpaired) electrons. The van der Waals surface area contributed by atoms with E-state index in [1.807, 2.05) is 31.7 Å². The zero-order valence-corrected chi connectivity index (χ0v) is 15.7. The fraction of sp³-hybridized carbons (Fsp3) is 0.421. The molecule has 1 saturated heterocycles. The molecule has 8 heteroatoms. The summed E-state index contributed by atoms with van der Waals surface area (Å²) in [6.07, 6.45) is 7.00. The highest BCUT2D eigenvalue weighted by Gasteiger charge is 2.31. The van der Waals surface area contributed by atoms with Gasteiger partial charge >= 0.3 is 0 Å². The van der Waals surface area contributed by atoms with Gasteiger partial charge in [-0.3, -0.25) is 4.79 Å². The number of aryl methyl sites for hydroxylation is 3. The van der Waals surface area contributed by atoms with E-state index in [1.165, 1.54) is 0 Å². The van der Waals surface area contributed by atoms with Crippen molar-refractivity contribution in [3.05, 3.63) is 47.8 Å². The van der Waals surface area contributed by atoms with Crippen LogP contribution in [0.2, 0.25) is 0 Å². The Hall–Kier alpha value is -3.03. The molecule has 0 bridgehead atoms. The van der Waals surface area contributed by atoms with Gasteiger partial charge in [0.25, 0.3) is 0 Å². The topological polar surface area (TPSA) is 89.9 Å². The fourth-order valence-electron chi connectivity index (χ4n) is 3.74. The minimum Gasteiger partial charge on any atom is -0.361 e. The quantitative estimate of drug-likeness (QED) is 0.705. The first-order valence-electron chi connectivity index (χ1n) is 9.07. The lowest BCUT2D eigenvalue weighted by atomic mass is 10.1. The zero-order chi connectivity index (χ0) is 19.0. The molecule has 140 valence electrons. The lowest BCUT2D eigenvalue weighted by Crippen LogP contribution is -2.33. The molecular formula is C19H22N6O2. The normalized spacial score (nSPS) is 16.9. The minimum atomic E-state index is -0.0399. The number of imidazole rings is 1. The van der Waals surface area contributed by atoms with Crippen LogP contribution in [0.3, 0.4) is 0 Å². The monoisotopic (exact) mass is 366 g/mol. The molecule has 1 aliphatic heterocycles. The predicted octanol–water partition coefficient (Wildman–Crippen LogP) is 2.62. The summed E-state index contributed by atoms with van der Waals surface area (Å²) < 4.78 is 7.08. The Bertz CT molecular complexity index is 943. The molecule has 1 amide bonds. The maximum Gasteiger partial charge on any atom is 0.243 e. The van der Waals surface area contributed by atoms with Crippen LogP contribution in [0.4, 0.5) is 0 Å². The van der Waals surface area contributed by atoms with Gasteiger partial charge in [-0.1, -0.05) is 5.16 Å². The Labute approximate surface area is 157 Å². The van der Waals surface area contributed by atoms with Crippen molar-refractivity contribution < 1.29 is 9.32 Å².